The summed E-state index contributed by atoms with van der Waals surface area (Å²) >= 11 is 12.7. The van der Waals surface area contributed by atoms with Gasteiger partial charge in [0.2, 0.25) is 10.0 Å². The Kier molecular flexibility index (Phi) is 10.1. The van der Waals surface area contributed by atoms with E-state index < -0.39 is 34.7 Å². The summed E-state index contributed by atoms with van der Waals surface area (Å²) in [7, 11) is -3.87. The van der Waals surface area contributed by atoms with Crippen molar-refractivity contribution in [2.24, 2.45) is 5.92 Å². The van der Waals surface area contributed by atoms with E-state index in [1.165, 1.54) is 18.2 Å². The standard InChI is InChI=1S/C30H30Cl2F2N2O7S/c31-23-15-35(38)16-24(32)22(23)14-27(21-10-11-26(43-30(33)34)28(13-21)41-17-19-8-9-19)42-29(37)25-7-4-12-36(25)44(39,40)18-20-5-2-1-3-6-20/h1-3,5-6,10-11,13,15-16,19,25,27,30H,4,7-9,12,14,17-18H2. The summed E-state index contributed by atoms with van der Waals surface area (Å²) in [4.78, 5) is 13.7. The molecular formula is C30H30Cl2F2N2O7S. The Morgan fingerprint density at radius 2 is 1.75 bits per heavy atom. The van der Waals surface area contributed by atoms with Crippen LogP contribution in [0.5, 0.6) is 11.5 Å². The second kappa shape index (κ2) is 13.8. The van der Waals surface area contributed by atoms with Crippen LogP contribution in [-0.2, 0) is 31.7 Å². The first-order chi connectivity index (χ1) is 21.0. The van der Waals surface area contributed by atoms with E-state index in [0.29, 0.717) is 40.4 Å². The lowest BCUT2D eigenvalue weighted by molar-refractivity contribution is -0.605. The second-order valence-corrected chi connectivity index (χ2v) is 13.5. The third-order valence-corrected chi connectivity index (χ3v) is 9.96. The van der Waals surface area contributed by atoms with E-state index in [-0.39, 0.29) is 46.7 Å². The van der Waals surface area contributed by atoms with Gasteiger partial charge in [0.05, 0.1) is 12.4 Å². The zero-order chi connectivity index (χ0) is 31.4. The molecule has 0 spiro atoms. The van der Waals surface area contributed by atoms with E-state index in [0.717, 1.165) is 29.5 Å². The predicted octanol–water partition coefficient (Wildman–Crippen LogP) is 5.84. The monoisotopic (exact) mass is 670 g/mol. The first-order valence-corrected chi connectivity index (χ1v) is 16.4. The zero-order valence-electron chi connectivity index (χ0n) is 23.4. The summed E-state index contributed by atoms with van der Waals surface area (Å²) in [6, 6.07) is 11.7. The van der Waals surface area contributed by atoms with Gasteiger partial charge in [-0.3, -0.25) is 4.79 Å². The van der Waals surface area contributed by atoms with Gasteiger partial charge in [0.25, 0.3) is 0 Å². The summed E-state index contributed by atoms with van der Waals surface area (Å²) in [5.41, 5.74) is 1.22. The Morgan fingerprint density at radius 1 is 1.05 bits per heavy atom. The molecule has 14 heteroatoms. The van der Waals surface area contributed by atoms with Crippen molar-refractivity contribution >= 4 is 39.2 Å². The number of hydrogen-bond acceptors (Lipinski definition) is 7. The van der Waals surface area contributed by atoms with Crippen LogP contribution < -0.4 is 14.2 Å². The lowest BCUT2D eigenvalue weighted by Crippen LogP contribution is -2.42. The number of esters is 1. The first kappa shape index (κ1) is 32.2. The predicted molar refractivity (Wildman–Crippen MR) is 158 cm³/mol. The van der Waals surface area contributed by atoms with Crippen molar-refractivity contribution in [2.45, 2.75) is 56.6 Å². The van der Waals surface area contributed by atoms with Crippen molar-refractivity contribution in [3.63, 3.8) is 0 Å². The van der Waals surface area contributed by atoms with Gasteiger partial charge < -0.3 is 19.4 Å². The molecule has 236 valence electrons. The van der Waals surface area contributed by atoms with Crippen LogP contribution in [0.3, 0.4) is 0 Å². The maximum Gasteiger partial charge on any atom is 0.387 e. The average Bonchev–Trinajstić information content (AvgIpc) is 3.65. The average molecular weight is 672 g/mol. The van der Waals surface area contributed by atoms with Crippen LogP contribution in [0.2, 0.25) is 10.0 Å². The topological polar surface area (TPSA) is 109 Å². The molecule has 3 aromatic rings. The number of carbonyl (C=O) groups excluding carboxylic acids is 1. The zero-order valence-corrected chi connectivity index (χ0v) is 25.7. The molecule has 2 aromatic carbocycles. The largest absolute Gasteiger partial charge is 0.619 e. The summed E-state index contributed by atoms with van der Waals surface area (Å²) in [5.74, 6) is -0.922. The molecule has 2 aliphatic rings. The molecule has 2 unspecified atom stereocenters. The maximum absolute atomic E-state index is 13.7. The molecule has 9 nitrogen and oxygen atoms in total. The highest BCUT2D eigenvalue weighted by Crippen LogP contribution is 2.38. The Morgan fingerprint density at radius 3 is 2.41 bits per heavy atom. The molecule has 5 rings (SSSR count). The van der Waals surface area contributed by atoms with Crippen molar-refractivity contribution in [1.29, 1.82) is 0 Å². The Bertz CT molecular complexity index is 1570. The Labute approximate surface area is 263 Å². The number of benzene rings is 2. The van der Waals surface area contributed by atoms with E-state index >= 15 is 0 Å². The molecule has 0 bridgehead atoms. The van der Waals surface area contributed by atoms with Gasteiger partial charge in [-0.25, -0.2) is 8.42 Å². The third kappa shape index (κ3) is 8.09. The van der Waals surface area contributed by atoms with E-state index in [2.05, 4.69) is 4.74 Å². The number of nitrogens with zero attached hydrogens (tertiary/aromatic N) is 2. The molecule has 0 amide bonds. The van der Waals surface area contributed by atoms with Crippen LogP contribution in [-0.4, -0.2) is 44.5 Å². The quantitative estimate of drug-likeness (QED) is 0.128. The van der Waals surface area contributed by atoms with Crippen molar-refractivity contribution < 1.29 is 40.9 Å². The minimum Gasteiger partial charge on any atom is -0.619 e. The molecule has 1 aliphatic carbocycles. The van der Waals surface area contributed by atoms with Gasteiger partial charge in [0.1, 0.15) is 22.2 Å². The number of ether oxygens (including phenoxy) is 3. The van der Waals surface area contributed by atoms with E-state index in [1.54, 1.807) is 30.3 Å². The van der Waals surface area contributed by atoms with E-state index in [1.807, 2.05) is 0 Å². The van der Waals surface area contributed by atoms with Crippen molar-refractivity contribution in [3.05, 3.63) is 92.9 Å². The van der Waals surface area contributed by atoms with Gasteiger partial charge in [0, 0.05) is 18.5 Å². The lowest BCUT2D eigenvalue weighted by atomic mass is 10.0. The fourth-order valence-corrected chi connectivity index (χ4v) is 7.42. The highest BCUT2D eigenvalue weighted by molar-refractivity contribution is 7.88. The van der Waals surface area contributed by atoms with Crippen LogP contribution in [0.4, 0.5) is 8.78 Å². The third-order valence-electron chi connectivity index (χ3n) is 7.46. The van der Waals surface area contributed by atoms with Crippen LogP contribution in [0.15, 0.2) is 60.9 Å². The summed E-state index contributed by atoms with van der Waals surface area (Å²) in [5, 5.41) is 11.9. The Balaban J connectivity index is 1.44. The minimum atomic E-state index is -3.87. The number of sulfonamides is 1. The van der Waals surface area contributed by atoms with Crippen LogP contribution >= 0.6 is 23.2 Å². The van der Waals surface area contributed by atoms with Gasteiger partial charge in [-0.2, -0.15) is 17.8 Å². The summed E-state index contributed by atoms with van der Waals surface area (Å²) in [6.07, 6.45) is 3.60. The van der Waals surface area contributed by atoms with Crippen LogP contribution in [0.25, 0.3) is 0 Å². The van der Waals surface area contributed by atoms with Crippen molar-refractivity contribution in [1.82, 2.24) is 4.31 Å². The highest BCUT2D eigenvalue weighted by Gasteiger charge is 2.41. The molecule has 0 radical (unpaired) electrons. The molecule has 44 heavy (non-hydrogen) atoms. The number of alkyl halides is 2. The minimum absolute atomic E-state index is 0.0179. The number of rotatable bonds is 13. The van der Waals surface area contributed by atoms with Gasteiger partial charge in [-0.1, -0.05) is 59.6 Å². The fourth-order valence-electron chi connectivity index (χ4n) is 5.06. The van der Waals surface area contributed by atoms with E-state index in [4.69, 9.17) is 32.7 Å². The Hall–Kier alpha value is -3.19. The number of halogens is 4. The van der Waals surface area contributed by atoms with Gasteiger partial charge >= 0.3 is 12.6 Å². The number of carbonyl (C=O) groups is 1. The van der Waals surface area contributed by atoms with Crippen molar-refractivity contribution in [3.8, 4) is 11.5 Å². The first-order valence-electron chi connectivity index (χ1n) is 14.0. The fraction of sp³-hybridized carbons (Fsp3) is 0.400. The normalized spacial score (nSPS) is 17.9. The summed E-state index contributed by atoms with van der Waals surface area (Å²) in [6.45, 7) is -2.65. The van der Waals surface area contributed by atoms with Crippen LogP contribution in [0.1, 0.15) is 48.5 Å². The molecule has 1 aliphatic heterocycles. The summed E-state index contributed by atoms with van der Waals surface area (Å²) < 4.78 is 71.0. The lowest BCUT2D eigenvalue weighted by Gasteiger charge is -2.26. The highest BCUT2D eigenvalue weighted by atomic mass is 35.5. The SMILES string of the molecule is O=C(OC(Cc1c(Cl)c[n+]([O-])cc1Cl)c1ccc(OC(F)F)c(OCC2CC2)c1)C1CCCN1S(=O)(=O)Cc1ccccc1. The van der Waals surface area contributed by atoms with Gasteiger partial charge in [-0.15, -0.1) is 0 Å². The van der Waals surface area contributed by atoms with Gasteiger partial charge in [0.15, 0.2) is 23.9 Å². The number of aromatic nitrogens is 1. The molecule has 1 saturated carbocycles. The van der Waals surface area contributed by atoms with Crippen molar-refractivity contribution in [2.75, 3.05) is 13.2 Å². The smallest absolute Gasteiger partial charge is 0.387 e. The molecule has 2 heterocycles. The van der Waals surface area contributed by atoms with E-state index in [9.17, 15) is 27.2 Å². The molecule has 1 aromatic heterocycles. The number of pyridine rings is 1. The number of hydrogen-bond donors (Lipinski definition) is 0. The molecule has 2 atom stereocenters. The van der Waals surface area contributed by atoms with Gasteiger partial charge in [-0.05, 0) is 54.9 Å². The molecule has 1 saturated heterocycles. The van der Waals surface area contributed by atoms with Crippen LogP contribution in [0, 0.1) is 11.1 Å². The molecular weight excluding hydrogens is 641 g/mol. The molecule has 2 fully saturated rings. The maximum atomic E-state index is 13.7. The second-order valence-electron chi connectivity index (χ2n) is 10.8. The molecule has 0 N–H and O–H groups in total.